The van der Waals surface area contributed by atoms with Crippen LogP contribution in [0, 0.1) is 23.7 Å². The molecule has 0 radical (unpaired) electrons. The van der Waals surface area contributed by atoms with Crippen molar-refractivity contribution in [3.63, 3.8) is 0 Å². The number of carbonyl (C=O) groups is 4. The van der Waals surface area contributed by atoms with Gasteiger partial charge in [0.1, 0.15) is 18.0 Å². The van der Waals surface area contributed by atoms with Gasteiger partial charge in [-0.15, -0.1) is 23.2 Å². The van der Waals surface area contributed by atoms with Crippen LogP contribution in [0.3, 0.4) is 0 Å². The molecule has 11 heteroatoms. The fourth-order valence-electron chi connectivity index (χ4n) is 4.98. The van der Waals surface area contributed by atoms with Crippen LogP contribution < -0.4 is 14.8 Å². The third kappa shape index (κ3) is 3.77. The Morgan fingerprint density at radius 2 is 1.69 bits per heavy atom. The molecule has 1 heterocycles. The lowest BCUT2D eigenvalue weighted by Crippen LogP contribution is -2.38. The molecule has 3 fully saturated rings. The van der Waals surface area contributed by atoms with E-state index in [1.165, 1.54) is 14.2 Å². The molecule has 172 valence electrons. The molecule has 1 aromatic carbocycles. The predicted molar refractivity (Wildman–Crippen MR) is 114 cm³/mol. The molecular weight excluding hydrogens is 463 g/mol. The summed E-state index contributed by atoms with van der Waals surface area (Å²) in [4.78, 5) is 50.9. The second-order valence-electron chi connectivity index (χ2n) is 8.04. The van der Waals surface area contributed by atoms with Gasteiger partial charge in [0.2, 0.25) is 11.8 Å². The summed E-state index contributed by atoms with van der Waals surface area (Å²) < 4.78 is 15.3. The molecular formula is C21H22Cl2N2O7. The van der Waals surface area contributed by atoms with Gasteiger partial charge in [-0.25, -0.2) is 0 Å². The molecule has 1 aromatic rings. The van der Waals surface area contributed by atoms with Crippen LogP contribution in [0.4, 0.5) is 5.69 Å². The van der Waals surface area contributed by atoms with E-state index in [2.05, 4.69) is 5.32 Å². The minimum Gasteiger partial charge on any atom is -0.497 e. The van der Waals surface area contributed by atoms with Gasteiger partial charge in [0.15, 0.2) is 6.61 Å². The highest BCUT2D eigenvalue weighted by Gasteiger charge is 2.66. The molecule has 1 N–H and O–H groups in total. The highest BCUT2D eigenvalue weighted by atomic mass is 35.5. The van der Waals surface area contributed by atoms with Crippen LogP contribution in [0.1, 0.15) is 6.42 Å². The quantitative estimate of drug-likeness (QED) is 0.355. The second kappa shape index (κ2) is 8.78. The first-order valence-corrected chi connectivity index (χ1v) is 10.9. The van der Waals surface area contributed by atoms with Crippen molar-refractivity contribution in [2.24, 2.45) is 23.7 Å². The predicted octanol–water partition coefficient (Wildman–Crippen LogP) is 1.65. The van der Waals surface area contributed by atoms with Gasteiger partial charge >= 0.3 is 5.97 Å². The third-order valence-corrected chi connectivity index (χ3v) is 7.73. The van der Waals surface area contributed by atoms with E-state index in [0.29, 0.717) is 23.6 Å². The molecule has 2 bridgehead atoms. The molecule has 0 aromatic heterocycles. The third-order valence-electron chi connectivity index (χ3n) is 6.41. The molecule has 32 heavy (non-hydrogen) atoms. The van der Waals surface area contributed by atoms with E-state index in [1.54, 1.807) is 18.2 Å². The lowest BCUT2D eigenvalue weighted by molar-refractivity contribution is -0.154. The number of benzene rings is 1. The van der Waals surface area contributed by atoms with Crippen LogP contribution in [0.5, 0.6) is 11.5 Å². The van der Waals surface area contributed by atoms with Gasteiger partial charge in [-0.1, -0.05) is 0 Å². The summed E-state index contributed by atoms with van der Waals surface area (Å²) in [6, 6.07) is 4.81. The first-order chi connectivity index (χ1) is 15.3. The van der Waals surface area contributed by atoms with E-state index in [-0.39, 0.29) is 22.6 Å². The van der Waals surface area contributed by atoms with Crippen molar-refractivity contribution in [1.29, 1.82) is 0 Å². The van der Waals surface area contributed by atoms with Gasteiger partial charge in [0.25, 0.3) is 5.91 Å². The summed E-state index contributed by atoms with van der Waals surface area (Å²) in [6.07, 6.45) is 0.641. The molecule has 9 nitrogen and oxygen atoms in total. The zero-order valence-corrected chi connectivity index (χ0v) is 18.9. The van der Waals surface area contributed by atoms with Crippen LogP contribution in [0.25, 0.3) is 0 Å². The van der Waals surface area contributed by atoms with Crippen molar-refractivity contribution in [2.45, 2.75) is 17.2 Å². The van der Waals surface area contributed by atoms with Gasteiger partial charge in [0, 0.05) is 6.07 Å². The molecule has 1 saturated heterocycles. The van der Waals surface area contributed by atoms with Gasteiger partial charge in [-0.2, -0.15) is 0 Å². The smallest absolute Gasteiger partial charge is 0.326 e. The van der Waals surface area contributed by atoms with E-state index in [1.807, 2.05) is 0 Å². The summed E-state index contributed by atoms with van der Waals surface area (Å²) in [5.41, 5.74) is 0.369. The average molecular weight is 485 g/mol. The number of likely N-dealkylation sites (tertiary alicyclic amines) is 1. The average Bonchev–Trinajstić information content (AvgIpc) is 3.39. The number of amides is 3. The Labute approximate surface area is 194 Å². The van der Waals surface area contributed by atoms with Crippen molar-refractivity contribution in [2.75, 3.05) is 32.7 Å². The fourth-order valence-corrected chi connectivity index (χ4v) is 5.87. The number of hydrogen-bond donors (Lipinski definition) is 1. The first-order valence-electron chi connectivity index (χ1n) is 10.1. The summed E-state index contributed by atoms with van der Waals surface area (Å²) in [6.45, 7) is -1.14. The summed E-state index contributed by atoms with van der Waals surface area (Å²) >= 11 is 12.6. The lowest BCUT2D eigenvalue weighted by Gasteiger charge is -2.28. The highest BCUT2D eigenvalue weighted by molar-refractivity contribution is 6.31. The minimum atomic E-state index is -0.860. The Balaban J connectivity index is 1.32. The minimum absolute atomic E-state index is 0.170. The Bertz CT molecular complexity index is 939. The number of nitrogens with zero attached hydrogens (tertiary/aromatic N) is 1. The maximum Gasteiger partial charge on any atom is 0.326 e. The van der Waals surface area contributed by atoms with Crippen LogP contribution in [-0.4, -0.2) is 66.7 Å². The molecule has 0 unspecified atom stereocenters. The number of methoxy groups -OCH3 is 2. The number of rotatable bonds is 7. The van der Waals surface area contributed by atoms with Gasteiger partial charge in [0.05, 0.1) is 42.5 Å². The van der Waals surface area contributed by atoms with Crippen molar-refractivity contribution in [1.82, 2.24) is 4.90 Å². The molecule has 3 amide bonds. The monoisotopic (exact) mass is 484 g/mol. The van der Waals surface area contributed by atoms with Gasteiger partial charge < -0.3 is 19.5 Å². The zero-order valence-electron chi connectivity index (χ0n) is 17.4. The number of anilines is 1. The number of esters is 1. The maximum absolute atomic E-state index is 12.8. The molecule has 2 aliphatic carbocycles. The topological polar surface area (TPSA) is 111 Å². The van der Waals surface area contributed by atoms with E-state index < -0.39 is 48.7 Å². The molecule has 0 spiro atoms. The number of halogens is 2. The lowest BCUT2D eigenvalue weighted by atomic mass is 9.80. The van der Waals surface area contributed by atoms with Gasteiger partial charge in [-0.3, -0.25) is 24.1 Å². The van der Waals surface area contributed by atoms with Crippen LogP contribution >= 0.6 is 23.2 Å². The van der Waals surface area contributed by atoms with E-state index in [0.717, 1.165) is 4.90 Å². The normalized spacial score (nSPS) is 30.3. The van der Waals surface area contributed by atoms with Crippen molar-refractivity contribution in [3.05, 3.63) is 18.2 Å². The number of hydrogen-bond acceptors (Lipinski definition) is 7. The summed E-state index contributed by atoms with van der Waals surface area (Å²) in [7, 11) is 2.94. The Kier molecular flexibility index (Phi) is 6.22. The summed E-state index contributed by atoms with van der Waals surface area (Å²) in [5.74, 6) is -2.82. The fraction of sp³-hybridized carbons (Fsp3) is 0.524. The van der Waals surface area contributed by atoms with Gasteiger partial charge in [-0.05, 0) is 30.4 Å². The van der Waals surface area contributed by atoms with E-state index >= 15 is 0 Å². The number of nitrogens with one attached hydrogen (secondary N) is 1. The molecule has 6 atom stereocenters. The summed E-state index contributed by atoms with van der Waals surface area (Å²) in [5, 5.41) is 1.83. The Morgan fingerprint density at radius 1 is 1.06 bits per heavy atom. The first kappa shape index (κ1) is 22.7. The molecule has 2 saturated carbocycles. The number of fused-ring (bicyclic) bond motifs is 5. The maximum atomic E-state index is 12.8. The number of imide groups is 1. The largest absolute Gasteiger partial charge is 0.497 e. The molecule has 1 aliphatic heterocycles. The van der Waals surface area contributed by atoms with E-state index in [9.17, 15) is 19.2 Å². The molecule has 3 aliphatic rings. The number of alkyl halides is 2. The van der Waals surface area contributed by atoms with Crippen LogP contribution in [-0.2, 0) is 23.9 Å². The SMILES string of the molecule is COc1ccc(NC(=O)COC(=O)CN2C(=O)[C@@H]3[C@H]4C[C@@H]([C@H](Cl)[C@@H]4Cl)[C@@H]3C2=O)c(OC)c1. The van der Waals surface area contributed by atoms with Crippen molar-refractivity contribution >= 4 is 52.6 Å². The second-order valence-corrected chi connectivity index (χ2v) is 9.05. The highest BCUT2D eigenvalue weighted by Crippen LogP contribution is 2.59. The van der Waals surface area contributed by atoms with Crippen molar-refractivity contribution in [3.8, 4) is 11.5 Å². The Hall–Kier alpha value is -2.52. The van der Waals surface area contributed by atoms with E-state index in [4.69, 9.17) is 37.4 Å². The van der Waals surface area contributed by atoms with Crippen molar-refractivity contribution < 1.29 is 33.4 Å². The number of ether oxygens (including phenoxy) is 3. The molecule has 4 rings (SSSR count). The standard InChI is InChI=1S/C21H22Cl2N2O7/c1-30-9-3-4-12(13(5-9)31-2)24-14(26)8-32-15(27)7-25-20(28)16-10-6-11(17(16)21(25)29)19(23)18(10)22/h3-5,10-11,16-19H,6-8H2,1-2H3,(H,24,26)/t10-,11-,16-,17+,18-,19+/m1/s1. The zero-order chi connectivity index (χ0) is 23.2. The van der Waals surface area contributed by atoms with Crippen LogP contribution in [0.15, 0.2) is 18.2 Å². The Morgan fingerprint density at radius 3 is 2.25 bits per heavy atom. The number of carbonyl (C=O) groups excluding carboxylic acids is 4. The van der Waals surface area contributed by atoms with Crippen LogP contribution in [0.2, 0.25) is 0 Å².